The van der Waals surface area contributed by atoms with Crippen molar-refractivity contribution in [3.63, 3.8) is 0 Å². The van der Waals surface area contributed by atoms with E-state index in [0.717, 1.165) is 22.4 Å². The Labute approximate surface area is 163 Å². The summed E-state index contributed by atoms with van der Waals surface area (Å²) in [6.07, 6.45) is 0. The van der Waals surface area contributed by atoms with Crippen LogP contribution >= 0.6 is 0 Å². The van der Waals surface area contributed by atoms with E-state index in [2.05, 4.69) is 16.5 Å². The Kier molecular flexibility index (Phi) is 4.72. The largest absolute Gasteiger partial charge is 0.303 e. The van der Waals surface area contributed by atoms with Crippen LogP contribution in [0.4, 0.5) is 5.82 Å². The van der Waals surface area contributed by atoms with Gasteiger partial charge in [-0.2, -0.15) is 0 Å². The molecule has 3 aromatic carbocycles. The van der Waals surface area contributed by atoms with Crippen LogP contribution in [0, 0.1) is 13.8 Å². The van der Waals surface area contributed by atoms with Gasteiger partial charge in [0.1, 0.15) is 5.69 Å². The summed E-state index contributed by atoms with van der Waals surface area (Å²) in [5.74, 6) is 0.215. The van der Waals surface area contributed by atoms with E-state index in [9.17, 15) is 4.79 Å². The first kappa shape index (κ1) is 17.7. The SMILES string of the molecule is Cc1ccc(C)c(-n2nc(NC(=O)c3ccccc3)c(-c3ccccc3)n2)c1. The number of anilines is 1. The van der Waals surface area contributed by atoms with E-state index in [0.29, 0.717) is 17.1 Å². The molecule has 0 atom stereocenters. The van der Waals surface area contributed by atoms with Gasteiger partial charge in [0, 0.05) is 11.1 Å². The van der Waals surface area contributed by atoms with E-state index in [1.54, 1.807) is 16.9 Å². The molecule has 0 fully saturated rings. The van der Waals surface area contributed by atoms with Gasteiger partial charge < -0.3 is 5.32 Å². The fourth-order valence-corrected chi connectivity index (χ4v) is 2.99. The minimum Gasteiger partial charge on any atom is -0.303 e. The zero-order valence-corrected chi connectivity index (χ0v) is 15.8. The highest BCUT2D eigenvalue weighted by molar-refractivity contribution is 6.05. The third kappa shape index (κ3) is 3.55. The van der Waals surface area contributed by atoms with Crippen molar-refractivity contribution in [3.05, 3.63) is 95.6 Å². The third-order valence-electron chi connectivity index (χ3n) is 4.51. The number of rotatable bonds is 4. The van der Waals surface area contributed by atoms with E-state index < -0.39 is 0 Å². The standard InChI is InChI=1S/C23H20N4O/c1-16-13-14-17(2)20(15-16)27-25-21(18-9-5-3-6-10-18)22(26-27)24-23(28)19-11-7-4-8-12-19/h3-15H,1-2H3,(H,24,26,28). The van der Waals surface area contributed by atoms with Crippen LogP contribution in [0.2, 0.25) is 0 Å². The van der Waals surface area contributed by atoms with Crippen LogP contribution in [0.3, 0.4) is 0 Å². The summed E-state index contributed by atoms with van der Waals surface area (Å²) in [5, 5.41) is 12.2. The number of aromatic nitrogens is 3. The topological polar surface area (TPSA) is 59.8 Å². The van der Waals surface area contributed by atoms with Gasteiger partial charge in [-0.25, -0.2) is 0 Å². The van der Waals surface area contributed by atoms with Crippen molar-refractivity contribution in [2.75, 3.05) is 5.32 Å². The molecule has 0 spiro atoms. The predicted octanol–water partition coefficient (Wildman–Crippen LogP) is 4.80. The summed E-state index contributed by atoms with van der Waals surface area (Å²) >= 11 is 0. The first-order chi connectivity index (χ1) is 13.6. The molecule has 0 aliphatic carbocycles. The fourth-order valence-electron chi connectivity index (χ4n) is 2.99. The Bertz CT molecular complexity index is 1120. The molecule has 0 bridgehead atoms. The molecule has 0 saturated heterocycles. The van der Waals surface area contributed by atoms with Crippen LogP contribution in [0.25, 0.3) is 16.9 Å². The molecule has 0 unspecified atom stereocenters. The zero-order valence-electron chi connectivity index (χ0n) is 15.8. The Balaban J connectivity index is 1.79. The number of hydrogen-bond acceptors (Lipinski definition) is 3. The van der Waals surface area contributed by atoms with E-state index >= 15 is 0 Å². The predicted molar refractivity (Wildman–Crippen MR) is 111 cm³/mol. The maximum atomic E-state index is 12.7. The van der Waals surface area contributed by atoms with Crippen molar-refractivity contribution in [3.8, 4) is 16.9 Å². The smallest absolute Gasteiger partial charge is 0.256 e. The molecule has 0 aliphatic rings. The highest BCUT2D eigenvalue weighted by Gasteiger charge is 2.18. The quantitative estimate of drug-likeness (QED) is 0.563. The molecule has 0 saturated carbocycles. The fraction of sp³-hybridized carbons (Fsp3) is 0.0870. The van der Waals surface area contributed by atoms with Crippen LogP contribution in [-0.4, -0.2) is 20.9 Å². The molecule has 1 aromatic heterocycles. The van der Waals surface area contributed by atoms with Crippen LogP contribution in [0.15, 0.2) is 78.9 Å². The molecule has 1 N–H and O–H groups in total. The first-order valence-corrected chi connectivity index (χ1v) is 9.08. The lowest BCUT2D eigenvalue weighted by Crippen LogP contribution is -2.13. The molecular weight excluding hydrogens is 348 g/mol. The van der Waals surface area contributed by atoms with Crippen LogP contribution in [-0.2, 0) is 0 Å². The van der Waals surface area contributed by atoms with Crippen molar-refractivity contribution in [2.45, 2.75) is 13.8 Å². The second-order valence-corrected chi connectivity index (χ2v) is 6.66. The monoisotopic (exact) mass is 368 g/mol. The van der Waals surface area contributed by atoms with Gasteiger partial charge in [-0.05, 0) is 43.2 Å². The molecule has 0 radical (unpaired) electrons. The summed E-state index contributed by atoms with van der Waals surface area (Å²) in [7, 11) is 0. The number of nitrogens with one attached hydrogen (secondary N) is 1. The van der Waals surface area contributed by atoms with Crippen LogP contribution in [0.1, 0.15) is 21.5 Å². The van der Waals surface area contributed by atoms with E-state index in [1.165, 1.54) is 0 Å². The minimum absolute atomic E-state index is 0.217. The zero-order chi connectivity index (χ0) is 19.5. The second-order valence-electron chi connectivity index (χ2n) is 6.66. The average molecular weight is 368 g/mol. The van der Waals surface area contributed by atoms with Crippen molar-refractivity contribution in [1.82, 2.24) is 15.0 Å². The van der Waals surface area contributed by atoms with Gasteiger partial charge in [-0.1, -0.05) is 60.7 Å². The van der Waals surface area contributed by atoms with Gasteiger partial charge in [-0.3, -0.25) is 4.79 Å². The summed E-state index contributed by atoms with van der Waals surface area (Å²) in [5.41, 5.74) is 5.16. The van der Waals surface area contributed by atoms with E-state index in [4.69, 9.17) is 5.10 Å². The van der Waals surface area contributed by atoms with Crippen LogP contribution < -0.4 is 5.32 Å². The molecular formula is C23H20N4O. The van der Waals surface area contributed by atoms with Gasteiger partial charge in [0.05, 0.1) is 5.69 Å². The second kappa shape index (κ2) is 7.48. The summed E-state index contributed by atoms with van der Waals surface area (Å²) in [4.78, 5) is 14.3. The normalized spacial score (nSPS) is 10.6. The number of aryl methyl sites for hydroxylation is 2. The van der Waals surface area contributed by atoms with Crippen molar-refractivity contribution in [1.29, 1.82) is 0 Å². The number of hydrogen-bond donors (Lipinski definition) is 1. The highest BCUT2D eigenvalue weighted by Crippen LogP contribution is 2.26. The average Bonchev–Trinajstić information content (AvgIpc) is 3.14. The molecule has 1 amide bonds. The molecule has 0 aliphatic heterocycles. The highest BCUT2D eigenvalue weighted by atomic mass is 16.1. The number of benzene rings is 3. The maximum Gasteiger partial charge on any atom is 0.256 e. The van der Waals surface area contributed by atoms with Gasteiger partial charge >= 0.3 is 0 Å². The summed E-state index contributed by atoms with van der Waals surface area (Å²) in [6, 6.07) is 24.9. The lowest BCUT2D eigenvalue weighted by Gasteiger charge is -2.05. The van der Waals surface area contributed by atoms with Gasteiger partial charge in [-0.15, -0.1) is 15.0 Å². The lowest BCUT2D eigenvalue weighted by molar-refractivity contribution is 0.102. The van der Waals surface area contributed by atoms with Crippen LogP contribution in [0.5, 0.6) is 0 Å². The van der Waals surface area contributed by atoms with Gasteiger partial charge in [0.2, 0.25) is 0 Å². The molecule has 138 valence electrons. The number of carbonyl (C=O) groups is 1. The summed E-state index contributed by atoms with van der Waals surface area (Å²) < 4.78 is 0. The summed E-state index contributed by atoms with van der Waals surface area (Å²) in [6.45, 7) is 4.05. The lowest BCUT2D eigenvalue weighted by atomic mass is 10.1. The Hall–Kier alpha value is -3.73. The molecule has 4 rings (SSSR count). The molecule has 5 heteroatoms. The molecule has 1 heterocycles. The van der Waals surface area contributed by atoms with Crippen molar-refractivity contribution in [2.24, 2.45) is 0 Å². The van der Waals surface area contributed by atoms with E-state index in [-0.39, 0.29) is 5.91 Å². The van der Waals surface area contributed by atoms with Crippen molar-refractivity contribution >= 4 is 11.7 Å². The molecule has 4 aromatic rings. The minimum atomic E-state index is -0.217. The van der Waals surface area contributed by atoms with Gasteiger partial charge in [0.15, 0.2) is 5.82 Å². The number of carbonyl (C=O) groups excluding carboxylic acids is 1. The molecule has 28 heavy (non-hydrogen) atoms. The number of amides is 1. The Morgan fingerprint density at radius 2 is 1.54 bits per heavy atom. The van der Waals surface area contributed by atoms with Gasteiger partial charge in [0.25, 0.3) is 5.91 Å². The van der Waals surface area contributed by atoms with Crippen molar-refractivity contribution < 1.29 is 4.79 Å². The third-order valence-corrected chi connectivity index (χ3v) is 4.51. The number of nitrogens with zero attached hydrogens (tertiary/aromatic N) is 3. The Morgan fingerprint density at radius 3 is 2.25 bits per heavy atom. The molecule has 5 nitrogen and oxygen atoms in total. The maximum absolute atomic E-state index is 12.7. The Morgan fingerprint density at radius 1 is 0.857 bits per heavy atom. The van der Waals surface area contributed by atoms with E-state index in [1.807, 2.05) is 74.5 Å². The first-order valence-electron chi connectivity index (χ1n) is 9.08.